The van der Waals surface area contributed by atoms with Gasteiger partial charge >= 0.3 is 6.18 Å². The Balaban J connectivity index is 2.57. The van der Waals surface area contributed by atoms with Crippen LogP contribution in [0.1, 0.15) is 23.2 Å². The van der Waals surface area contributed by atoms with Gasteiger partial charge in [0.05, 0.1) is 18.2 Å². The van der Waals surface area contributed by atoms with Crippen LogP contribution in [0.15, 0.2) is 5.38 Å². The molecule has 1 unspecified atom stereocenters. The first-order valence-corrected chi connectivity index (χ1v) is 5.56. The number of nitrogens with zero attached hydrogens (tertiary/aromatic N) is 1. The molecule has 0 aromatic carbocycles. The lowest BCUT2D eigenvalue weighted by Gasteiger charge is -2.07. The largest absolute Gasteiger partial charge is 0.395 e. The molecule has 0 amide bonds. The Morgan fingerprint density at radius 1 is 1.56 bits per heavy atom. The maximum absolute atomic E-state index is 12.1. The molecule has 1 atom stereocenters. The molecule has 0 aliphatic rings. The minimum Gasteiger partial charge on any atom is -0.385 e. The van der Waals surface area contributed by atoms with Crippen LogP contribution in [0.2, 0.25) is 0 Å². The SMILES string of the molecule is COCCC(N)c1csc(CC(F)(F)F)n1. The highest BCUT2D eigenvalue weighted by molar-refractivity contribution is 7.09. The van der Waals surface area contributed by atoms with Crippen molar-refractivity contribution in [1.82, 2.24) is 4.98 Å². The highest BCUT2D eigenvalue weighted by atomic mass is 32.1. The van der Waals surface area contributed by atoms with Crippen LogP contribution in [0.3, 0.4) is 0 Å². The number of aromatic nitrogens is 1. The van der Waals surface area contributed by atoms with Crippen LogP contribution in [-0.2, 0) is 11.2 Å². The second-order valence-corrected chi connectivity index (χ2v) is 4.29. The fourth-order valence-corrected chi connectivity index (χ4v) is 2.03. The molecular weight excluding hydrogens is 241 g/mol. The Morgan fingerprint density at radius 2 is 2.25 bits per heavy atom. The van der Waals surface area contributed by atoms with Crippen LogP contribution in [0.25, 0.3) is 0 Å². The van der Waals surface area contributed by atoms with E-state index in [9.17, 15) is 13.2 Å². The average molecular weight is 254 g/mol. The van der Waals surface area contributed by atoms with E-state index < -0.39 is 12.6 Å². The molecule has 0 aliphatic heterocycles. The maximum Gasteiger partial charge on any atom is 0.395 e. The molecule has 0 radical (unpaired) electrons. The van der Waals surface area contributed by atoms with Crippen molar-refractivity contribution in [3.63, 3.8) is 0 Å². The van der Waals surface area contributed by atoms with E-state index in [4.69, 9.17) is 10.5 Å². The van der Waals surface area contributed by atoms with Crippen molar-refractivity contribution < 1.29 is 17.9 Å². The number of methoxy groups -OCH3 is 1. The third kappa shape index (κ3) is 4.46. The summed E-state index contributed by atoms with van der Waals surface area (Å²) in [6, 6.07) is -0.363. The van der Waals surface area contributed by atoms with Gasteiger partial charge in [-0.25, -0.2) is 4.98 Å². The molecule has 2 N–H and O–H groups in total. The summed E-state index contributed by atoms with van der Waals surface area (Å²) in [5.41, 5.74) is 6.24. The quantitative estimate of drug-likeness (QED) is 0.877. The number of alkyl halides is 3. The summed E-state index contributed by atoms with van der Waals surface area (Å²) in [7, 11) is 1.54. The molecule has 1 heterocycles. The van der Waals surface area contributed by atoms with E-state index in [-0.39, 0.29) is 11.0 Å². The molecule has 0 spiro atoms. The fraction of sp³-hybridized carbons (Fsp3) is 0.667. The van der Waals surface area contributed by atoms with Gasteiger partial charge in [-0.3, -0.25) is 0 Å². The summed E-state index contributed by atoms with van der Waals surface area (Å²) in [5.74, 6) is 0. The molecule has 1 aromatic rings. The predicted molar refractivity (Wildman–Crippen MR) is 55.3 cm³/mol. The highest BCUT2D eigenvalue weighted by Crippen LogP contribution is 2.25. The number of thiazole rings is 1. The van der Waals surface area contributed by atoms with Crippen molar-refractivity contribution in [1.29, 1.82) is 0 Å². The number of hydrogen-bond donors (Lipinski definition) is 1. The van der Waals surface area contributed by atoms with Gasteiger partial charge in [-0.15, -0.1) is 11.3 Å². The number of nitrogens with two attached hydrogens (primary N) is 1. The number of hydrogen-bond acceptors (Lipinski definition) is 4. The molecule has 1 aromatic heterocycles. The van der Waals surface area contributed by atoms with Crippen molar-refractivity contribution in [2.24, 2.45) is 5.73 Å². The Kier molecular flexibility index (Phi) is 4.69. The van der Waals surface area contributed by atoms with Gasteiger partial charge in [-0.2, -0.15) is 13.2 Å². The minimum absolute atomic E-state index is 0.0513. The molecule has 0 saturated carbocycles. The summed E-state index contributed by atoms with van der Waals surface area (Å²) in [6.45, 7) is 0.466. The smallest absolute Gasteiger partial charge is 0.385 e. The fourth-order valence-electron chi connectivity index (χ4n) is 1.14. The van der Waals surface area contributed by atoms with Gasteiger partial charge in [0.1, 0.15) is 5.01 Å². The molecule has 16 heavy (non-hydrogen) atoms. The second-order valence-electron chi connectivity index (χ2n) is 3.35. The monoisotopic (exact) mass is 254 g/mol. The summed E-state index contributed by atoms with van der Waals surface area (Å²) in [6.07, 6.45) is -4.66. The van der Waals surface area contributed by atoms with Crippen LogP contribution in [0.4, 0.5) is 13.2 Å². The standard InChI is InChI=1S/C9H13F3N2OS/c1-15-3-2-6(13)7-5-16-8(14-7)4-9(10,11)12/h5-6H,2-4,13H2,1H3. The van der Waals surface area contributed by atoms with Crippen LogP contribution in [-0.4, -0.2) is 24.9 Å². The van der Waals surface area contributed by atoms with Crippen LogP contribution in [0.5, 0.6) is 0 Å². The summed E-state index contributed by atoms with van der Waals surface area (Å²) >= 11 is 0.986. The lowest BCUT2D eigenvalue weighted by atomic mass is 10.2. The predicted octanol–water partition coefficient (Wildman–Crippen LogP) is 2.28. The van der Waals surface area contributed by atoms with Gasteiger partial charge in [0, 0.05) is 19.1 Å². The Morgan fingerprint density at radius 3 is 2.81 bits per heavy atom. The first-order chi connectivity index (χ1) is 7.42. The molecule has 0 aliphatic carbocycles. The molecule has 0 fully saturated rings. The van der Waals surface area contributed by atoms with Crippen molar-refractivity contribution >= 4 is 11.3 Å². The van der Waals surface area contributed by atoms with Crippen molar-refractivity contribution in [2.75, 3.05) is 13.7 Å². The Bertz CT molecular complexity index is 327. The van der Waals surface area contributed by atoms with E-state index in [0.29, 0.717) is 18.7 Å². The molecule has 7 heteroatoms. The van der Waals surface area contributed by atoms with E-state index in [1.165, 1.54) is 0 Å². The number of rotatable bonds is 5. The van der Waals surface area contributed by atoms with Gasteiger partial charge < -0.3 is 10.5 Å². The molecule has 0 saturated heterocycles. The van der Waals surface area contributed by atoms with E-state index in [0.717, 1.165) is 11.3 Å². The zero-order chi connectivity index (χ0) is 12.2. The first kappa shape index (κ1) is 13.4. The van der Waals surface area contributed by atoms with Crippen molar-refractivity contribution in [2.45, 2.75) is 25.1 Å². The average Bonchev–Trinajstić information content (AvgIpc) is 2.59. The third-order valence-corrected chi connectivity index (χ3v) is 2.80. The minimum atomic E-state index is -4.22. The van der Waals surface area contributed by atoms with Crippen LogP contribution in [0, 0.1) is 0 Å². The van der Waals surface area contributed by atoms with Gasteiger partial charge in [0.15, 0.2) is 0 Å². The molecule has 1 rings (SSSR count). The van der Waals surface area contributed by atoms with Gasteiger partial charge in [-0.05, 0) is 6.42 Å². The molecule has 92 valence electrons. The number of ether oxygens (including phenoxy) is 1. The molecule has 3 nitrogen and oxygen atoms in total. The summed E-state index contributed by atoms with van der Waals surface area (Å²) < 4.78 is 41.0. The Hall–Kier alpha value is -0.660. The second kappa shape index (κ2) is 5.60. The van der Waals surface area contributed by atoms with E-state index >= 15 is 0 Å². The molecule has 0 bridgehead atoms. The lowest BCUT2D eigenvalue weighted by Crippen LogP contribution is -2.14. The third-order valence-electron chi connectivity index (χ3n) is 1.93. The van der Waals surface area contributed by atoms with Gasteiger partial charge in [0.2, 0.25) is 0 Å². The highest BCUT2D eigenvalue weighted by Gasteiger charge is 2.29. The van der Waals surface area contributed by atoms with Crippen LogP contribution >= 0.6 is 11.3 Å². The zero-order valence-corrected chi connectivity index (χ0v) is 9.57. The van der Waals surface area contributed by atoms with E-state index in [1.807, 2.05) is 0 Å². The maximum atomic E-state index is 12.1. The van der Waals surface area contributed by atoms with E-state index in [2.05, 4.69) is 4.98 Å². The van der Waals surface area contributed by atoms with Gasteiger partial charge in [-0.1, -0.05) is 0 Å². The first-order valence-electron chi connectivity index (χ1n) is 4.68. The van der Waals surface area contributed by atoms with E-state index in [1.54, 1.807) is 12.5 Å². The number of halogens is 3. The van der Waals surface area contributed by atoms with Crippen molar-refractivity contribution in [3.8, 4) is 0 Å². The summed E-state index contributed by atoms with van der Waals surface area (Å²) in [4.78, 5) is 3.87. The zero-order valence-electron chi connectivity index (χ0n) is 8.75. The topological polar surface area (TPSA) is 48.1 Å². The lowest BCUT2D eigenvalue weighted by molar-refractivity contribution is -0.127. The Labute approximate surface area is 95.4 Å². The van der Waals surface area contributed by atoms with Crippen molar-refractivity contribution in [3.05, 3.63) is 16.1 Å². The molecular formula is C9H13F3N2OS. The summed E-state index contributed by atoms with van der Waals surface area (Å²) in [5, 5.41) is 1.62. The normalized spacial score (nSPS) is 14.1. The van der Waals surface area contributed by atoms with Gasteiger partial charge in [0.25, 0.3) is 0 Å². The van der Waals surface area contributed by atoms with Crippen LogP contribution < -0.4 is 5.73 Å².